The summed E-state index contributed by atoms with van der Waals surface area (Å²) in [6.07, 6.45) is 4.49. The maximum absolute atomic E-state index is 11.1. The largest absolute Gasteiger partial charge is 0.478 e. The van der Waals surface area contributed by atoms with Crippen LogP contribution < -0.4 is 11.1 Å². The molecule has 0 unspecified atom stereocenters. The van der Waals surface area contributed by atoms with E-state index in [0.717, 1.165) is 12.0 Å². The number of nitrogens with zero attached hydrogens (tertiary/aromatic N) is 2. The fourth-order valence-electron chi connectivity index (χ4n) is 1.84. The molecule has 0 saturated carbocycles. The number of aromatic carboxylic acids is 1. The minimum absolute atomic E-state index is 0.223. The number of hydrogen-bond donors (Lipinski definition) is 3. The summed E-state index contributed by atoms with van der Waals surface area (Å²) < 4.78 is 1.73. The molecule has 0 aliphatic heterocycles. The molecule has 0 fully saturated rings. The summed E-state index contributed by atoms with van der Waals surface area (Å²) in [6, 6.07) is 4.71. The lowest BCUT2D eigenvalue weighted by atomic mass is 10.1. The molecule has 0 aliphatic carbocycles. The van der Waals surface area contributed by atoms with Gasteiger partial charge >= 0.3 is 5.97 Å². The molecule has 1 aromatic heterocycles. The molecule has 0 atom stereocenters. The Kier molecular flexibility index (Phi) is 3.70. The van der Waals surface area contributed by atoms with E-state index in [-0.39, 0.29) is 5.56 Å². The average molecular weight is 260 g/mol. The van der Waals surface area contributed by atoms with Gasteiger partial charge in [-0.1, -0.05) is 0 Å². The number of carbonyl (C=O) groups is 1. The van der Waals surface area contributed by atoms with Gasteiger partial charge in [-0.05, 0) is 30.2 Å². The maximum Gasteiger partial charge on any atom is 0.337 e. The zero-order valence-corrected chi connectivity index (χ0v) is 10.6. The highest BCUT2D eigenvalue weighted by molar-refractivity contribution is 5.95. The normalized spacial score (nSPS) is 10.4. The number of carboxylic acid groups (broad SMARTS) is 1. The van der Waals surface area contributed by atoms with Crippen LogP contribution >= 0.6 is 0 Å². The Morgan fingerprint density at radius 2 is 2.32 bits per heavy atom. The molecule has 4 N–H and O–H groups in total. The van der Waals surface area contributed by atoms with E-state index >= 15 is 0 Å². The summed E-state index contributed by atoms with van der Waals surface area (Å²) >= 11 is 0. The van der Waals surface area contributed by atoms with Crippen molar-refractivity contribution >= 4 is 17.3 Å². The van der Waals surface area contributed by atoms with Crippen molar-refractivity contribution in [2.45, 2.75) is 6.42 Å². The molecule has 0 amide bonds. The second kappa shape index (κ2) is 5.43. The van der Waals surface area contributed by atoms with Gasteiger partial charge in [0, 0.05) is 25.5 Å². The fraction of sp³-hybridized carbons (Fsp3) is 0.231. The Hall–Kier alpha value is -2.50. The van der Waals surface area contributed by atoms with Crippen LogP contribution in [0.1, 0.15) is 15.9 Å². The summed E-state index contributed by atoms with van der Waals surface area (Å²) in [5.41, 5.74) is 8.06. The van der Waals surface area contributed by atoms with Crippen molar-refractivity contribution < 1.29 is 9.90 Å². The zero-order chi connectivity index (χ0) is 13.8. The van der Waals surface area contributed by atoms with E-state index in [1.807, 2.05) is 13.2 Å². The Morgan fingerprint density at radius 1 is 1.53 bits per heavy atom. The van der Waals surface area contributed by atoms with Crippen molar-refractivity contribution in [2.24, 2.45) is 7.05 Å². The van der Waals surface area contributed by atoms with Crippen LogP contribution in [0.25, 0.3) is 0 Å². The van der Waals surface area contributed by atoms with E-state index in [2.05, 4.69) is 10.4 Å². The highest BCUT2D eigenvalue weighted by Gasteiger charge is 2.09. The van der Waals surface area contributed by atoms with E-state index in [9.17, 15) is 4.79 Å². The third kappa shape index (κ3) is 3.25. The molecule has 6 nitrogen and oxygen atoms in total. The van der Waals surface area contributed by atoms with E-state index in [1.165, 1.54) is 6.07 Å². The molecular formula is C13H16N4O2. The van der Waals surface area contributed by atoms with Crippen LogP contribution in [0.15, 0.2) is 30.6 Å². The van der Waals surface area contributed by atoms with Gasteiger partial charge in [0.15, 0.2) is 0 Å². The average Bonchev–Trinajstić information content (AvgIpc) is 2.75. The van der Waals surface area contributed by atoms with Crippen LogP contribution in [0.3, 0.4) is 0 Å². The van der Waals surface area contributed by atoms with Gasteiger partial charge in [0.2, 0.25) is 0 Å². The Morgan fingerprint density at radius 3 is 2.95 bits per heavy atom. The zero-order valence-electron chi connectivity index (χ0n) is 10.6. The number of aromatic nitrogens is 2. The molecule has 2 aromatic rings. The fourth-order valence-corrected chi connectivity index (χ4v) is 1.84. The molecule has 0 saturated heterocycles. The number of aryl methyl sites for hydroxylation is 1. The van der Waals surface area contributed by atoms with Gasteiger partial charge < -0.3 is 16.2 Å². The summed E-state index contributed by atoms with van der Waals surface area (Å²) in [5, 5.41) is 16.3. The number of nitrogen functional groups attached to an aromatic ring is 1. The van der Waals surface area contributed by atoms with Gasteiger partial charge in [-0.3, -0.25) is 4.68 Å². The number of nitrogens with two attached hydrogens (primary N) is 1. The predicted molar refractivity (Wildman–Crippen MR) is 73.2 cm³/mol. The number of nitrogens with one attached hydrogen (secondary N) is 1. The van der Waals surface area contributed by atoms with Crippen molar-refractivity contribution in [3.8, 4) is 0 Å². The lowest BCUT2D eigenvalue weighted by molar-refractivity contribution is 0.0698. The number of anilines is 2. The summed E-state index contributed by atoms with van der Waals surface area (Å²) in [6.45, 7) is 0.620. The lowest BCUT2D eigenvalue weighted by Crippen LogP contribution is -2.09. The van der Waals surface area contributed by atoms with Crippen LogP contribution in [0.4, 0.5) is 11.4 Å². The van der Waals surface area contributed by atoms with Crippen LogP contribution in [-0.2, 0) is 13.5 Å². The molecule has 0 radical (unpaired) electrons. The molecule has 2 rings (SSSR count). The van der Waals surface area contributed by atoms with Crippen LogP contribution in [0, 0.1) is 0 Å². The van der Waals surface area contributed by atoms with Gasteiger partial charge in [-0.2, -0.15) is 5.10 Å². The van der Waals surface area contributed by atoms with Gasteiger partial charge in [0.1, 0.15) is 0 Å². The molecule has 0 bridgehead atoms. The predicted octanol–water partition coefficient (Wildman–Crippen LogP) is 1.36. The quantitative estimate of drug-likeness (QED) is 0.706. The summed E-state index contributed by atoms with van der Waals surface area (Å²) in [4.78, 5) is 11.1. The number of hydrogen-bond acceptors (Lipinski definition) is 4. The van der Waals surface area contributed by atoms with Gasteiger partial charge in [0.05, 0.1) is 17.4 Å². The van der Waals surface area contributed by atoms with Gasteiger partial charge in [0.25, 0.3) is 0 Å². The van der Waals surface area contributed by atoms with Crippen LogP contribution in [0.5, 0.6) is 0 Å². The molecule has 1 heterocycles. The second-order valence-electron chi connectivity index (χ2n) is 4.31. The number of carboxylic acids is 1. The molecule has 19 heavy (non-hydrogen) atoms. The number of rotatable bonds is 5. The topological polar surface area (TPSA) is 93.2 Å². The Balaban J connectivity index is 2.02. The van der Waals surface area contributed by atoms with Crippen LogP contribution in [0.2, 0.25) is 0 Å². The molecule has 6 heteroatoms. The summed E-state index contributed by atoms with van der Waals surface area (Å²) in [5.74, 6) is -0.969. The standard InChI is InChI=1S/C13H16N4O2/c1-17-8-9(7-16-17)4-5-15-12-6-10(14)2-3-11(12)13(18)19/h2-3,6-8,15H,4-5,14H2,1H3,(H,18,19). The SMILES string of the molecule is Cn1cc(CCNc2cc(N)ccc2C(=O)O)cn1. The maximum atomic E-state index is 11.1. The molecule has 0 spiro atoms. The molecule has 1 aromatic carbocycles. The first-order valence-corrected chi connectivity index (χ1v) is 5.90. The number of benzene rings is 1. The van der Waals surface area contributed by atoms with E-state index in [4.69, 9.17) is 10.8 Å². The van der Waals surface area contributed by atoms with Crippen molar-refractivity contribution in [3.63, 3.8) is 0 Å². The highest BCUT2D eigenvalue weighted by atomic mass is 16.4. The van der Waals surface area contributed by atoms with Crippen molar-refractivity contribution in [1.82, 2.24) is 9.78 Å². The van der Waals surface area contributed by atoms with Crippen molar-refractivity contribution in [2.75, 3.05) is 17.6 Å². The smallest absolute Gasteiger partial charge is 0.337 e. The monoisotopic (exact) mass is 260 g/mol. The first-order valence-electron chi connectivity index (χ1n) is 5.90. The lowest BCUT2D eigenvalue weighted by Gasteiger charge is -2.09. The first-order chi connectivity index (χ1) is 9.06. The molecular weight excluding hydrogens is 244 g/mol. The minimum Gasteiger partial charge on any atom is -0.478 e. The van der Waals surface area contributed by atoms with E-state index in [1.54, 1.807) is 23.0 Å². The molecule has 100 valence electrons. The third-order valence-corrected chi connectivity index (χ3v) is 2.76. The van der Waals surface area contributed by atoms with E-state index in [0.29, 0.717) is 17.9 Å². The third-order valence-electron chi connectivity index (χ3n) is 2.76. The summed E-state index contributed by atoms with van der Waals surface area (Å²) in [7, 11) is 1.86. The van der Waals surface area contributed by atoms with Crippen LogP contribution in [-0.4, -0.2) is 27.4 Å². The Bertz CT molecular complexity index is 592. The Labute approximate surface area is 110 Å². The highest BCUT2D eigenvalue weighted by Crippen LogP contribution is 2.19. The molecule has 0 aliphatic rings. The van der Waals surface area contributed by atoms with Gasteiger partial charge in [-0.15, -0.1) is 0 Å². The van der Waals surface area contributed by atoms with Crippen molar-refractivity contribution in [3.05, 3.63) is 41.7 Å². The van der Waals surface area contributed by atoms with E-state index < -0.39 is 5.97 Å². The second-order valence-corrected chi connectivity index (χ2v) is 4.31. The van der Waals surface area contributed by atoms with Gasteiger partial charge in [-0.25, -0.2) is 4.79 Å². The van der Waals surface area contributed by atoms with Crippen molar-refractivity contribution in [1.29, 1.82) is 0 Å². The minimum atomic E-state index is -0.969. The first kappa shape index (κ1) is 12.9.